The summed E-state index contributed by atoms with van der Waals surface area (Å²) in [7, 11) is 3.48. The van der Waals surface area contributed by atoms with Crippen LogP contribution < -0.4 is 10.6 Å². The maximum atomic E-state index is 12.0. The van der Waals surface area contributed by atoms with E-state index in [1.54, 1.807) is 19.0 Å². The van der Waals surface area contributed by atoms with Crippen molar-refractivity contribution in [2.45, 2.75) is 56.7 Å². The predicted molar refractivity (Wildman–Crippen MR) is 128 cm³/mol. The van der Waals surface area contributed by atoms with E-state index >= 15 is 0 Å². The fourth-order valence-corrected chi connectivity index (χ4v) is 5.19. The monoisotopic (exact) mass is 525 g/mol. The van der Waals surface area contributed by atoms with Gasteiger partial charge in [0.15, 0.2) is 5.96 Å². The minimum Gasteiger partial charge on any atom is -0.352 e. The highest BCUT2D eigenvalue weighted by Gasteiger charge is 2.38. The first-order valence-corrected chi connectivity index (χ1v) is 11.0. The largest absolute Gasteiger partial charge is 0.352 e. The second kappa shape index (κ2) is 12.1. The van der Waals surface area contributed by atoms with Crippen molar-refractivity contribution in [3.63, 3.8) is 0 Å². The Morgan fingerprint density at radius 3 is 2.50 bits per heavy atom. The summed E-state index contributed by atoms with van der Waals surface area (Å²) in [6.07, 6.45) is 6.39. The summed E-state index contributed by atoms with van der Waals surface area (Å²) < 4.78 is 0.296. The van der Waals surface area contributed by atoms with Crippen molar-refractivity contribution >= 4 is 53.5 Å². The number of aliphatic imine (C=N–C) groups is 1. The number of halogens is 1. The summed E-state index contributed by atoms with van der Waals surface area (Å²) in [6.45, 7) is 5.96. The Balaban J connectivity index is 0.00000392. The smallest absolute Gasteiger partial charge is 0.242 e. The lowest BCUT2D eigenvalue weighted by Gasteiger charge is -2.45. The Labute approximate surface area is 190 Å². The predicted octanol–water partition coefficient (Wildman–Crippen LogP) is 1.91. The molecule has 1 heterocycles. The molecule has 2 aliphatic rings. The SMILES string of the molecule is CC(C)NC(=O)CN=C(NCC(=O)N(C)C)N1CCSC2(CCCCC2)C1.I. The lowest BCUT2D eigenvalue weighted by molar-refractivity contribution is -0.127. The van der Waals surface area contributed by atoms with Crippen LogP contribution in [0.1, 0.15) is 46.0 Å². The van der Waals surface area contributed by atoms with Crippen LogP contribution in [0.4, 0.5) is 0 Å². The number of amides is 2. The highest BCUT2D eigenvalue weighted by molar-refractivity contribution is 14.0. The van der Waals surface area contributed by atoms with Gasteiger partial charge in [0.25, 0.3) is 0 Å². The summed E-state index contributed by atoms with van der Waals surface area (Å²) in [5.74, 6) is 1.63. The molecule has 0 aromatic carbocycles. The third-order valence-electron chi connectivity index (χ3n) is 5.03. The summed E-state index contributed by atoms with van der Waals surface area (Å²) in [5, 5.41) is 6.07. The molecule has 0 bridgehead atoms. The van der Waals surface area contributed by atoms with E-state index in [0.717, 1.165) is 18.8 Å². The molecule has 1 saturated carbocycles. The van der Waals surface area contributed by atoms with Crippen LogP contribution in [-0.4, -0.2) is 84.4 Å². The van der Waals surface area contributed by atoms with E-state index in [0.29, 0.717) is 10.7 Å². The molecule has 2 N–H and O–H groups in total. The number of hydrogen-bond donors (Lipinski definition) is 2. The molecule has 7 nitrogen and oxygen atoms in total. The fourth-order valence-electron chi connectivity index (χ4n) is 3.62. The molecule has 2 fully saturated rings. The van der Waals surface area contributed by atoms with E-state index in [1.807, 2.05) is 13.8 Å². The highest BCUT2D eigenvalue weighted by atomic mass is 127. The van der Waals surface area contributed by atoms with E-state index in [-0.39, 0.29) is 54.9 Å². The fraction of sp³-hybridized carbons (Fsp3) is 0.842. The van der Waals surface area contributed by atoms with Crippen LogP contribution in [0.15, 0.2) is 4.99 Å². The van der Waals surface area contributed by atoms with Crippen molar-refractivity contribution in [3.8, 4) is 0 Å². The first-order chi connectivity index (χ1) is 12.8. The molecule has 0 atom stereocenters. The molecule has 2 rings (SSSR count). The number of carbonyl (C=O) groups excluding carboxylic acids is 2. The summed E-state index contributed by atoms with van der Waals surface area (Å²) in [6, 6.07) is 0.0938. The molecule has 2 amide bonds. The summed E-state index contributed by atoms with van der Waals surface area (Å²) >= 11 is 2.09. The topological polar surface area (TPSA) is 77.0 Å². The second-order valence-corrected chi connectivity index (χ2v) is 9.58. The van der Waals surface area contributed by atoms with Crippen molar-refractivity contribution in [2.75, 3.05) is 46.0 Å². The lowest BCUT2D eigenvalue weighted by Crippen LogP contribution is -2.54. The van der Waals surface area contributed by atoms with Gasteiger partial charge in [0, 0.05) is 43.7 Å². The Morgan fingerprint density at radius 1 is 1.21 bits per heavy atom. The van der Waals surface area contributed by atoms with Gasteiger partial charge in [-0.05, 0) is 26.7 Å². The molecule has 0 unspecified atom stereocenters. The van der Waals surface area contributed by atoms with Gasteiger partial charge in [-0.25, -0.2) is 4.99 Å². The molecule has 28 heavy (non-hydrogen) atoms. The number of carbonyl (C=O) groups is 2. The Hall–Kier alpha value is -0.710. The van der Waals surface area contributed by atoms with Gasteiger partial charge in [-0.1, -0.05) is 19.3 Å². The van der Waals surface area contributed by atoms with E-state index in [4.69, 9.17) is 0 Å². The molecule has 162 valence electrons. The van der Waals surface area contributed by atoms with Gasteiger partial charge in [-0.3, -0.25) is 9.59 Å². The van der Waals surface area contributed by atoms with Crippen molar-refractivity contribution < 1.29 is 9.59 Å². The van der Waals surface area contributed by atoms with Gasteiger partial charge >= 0.3 is 0 Å². The molecule has 0 aromatic heterocycles. The van der Waals surface area contributed by atoms with Crippen LogP contribution in [0.3, 0.4) is 0 Å². The van der Waals surface area contributed by atoms with Crippen molar-refractivity contribution in [1.29, 1.82) is 0 Å². The van der Waals surface area contributed by atoms with Crippen LogP contribution in [0, 0.1) is 0 Å². The molecule has 1 aliphatic carbocycles. The second-order valence-electron chi connectivity index (χ2n) is 8.02. The van der Waals surface area contributed by atoms with Crippen LogP contribution in [0.5, 0.6) is 0 Å². The van der Waals surface area contributed by atoms with Gasteiger partial charge in [-0.2, -0.15) is 11.8 Å². The standard InChI is InChI=1S/C19H35N5O2S.HI/c1-15(2)22-16(25)12-20-18(21-13-17(26)23(3)4)24-10-11-27-19(14-24)8-6-5-7-9-19;/h15H,5-14H2,1-4H3,(H,20,21)(H,22,25);1H. The third-order valence-corrected chi connectivity index (χ3v) is 6.57. The zero-order valence-corrected chi connectivity index (χ0v) is 20.8. The molecule has 1 saturated heterocycles. The van der Waals surface area contributed by atoms with Gasteiger partial charge in [0.2, 0.25) is 11.8 Å². The van der Waals surface area contributed by atoms with E-state index in [1.165, 1.54) is 32.1 Å². The average molecular weight is 526 g/mol. The minimum absolute atomic E-state index is 0. The molecule has 0 aromatic rings. The number of likely N-dealkylation sites (N-methyl/N-ethyl adjacent to an activating group) is 1. The van der Waals surface area contributed by atoms with Gasteiger partial charge in [0.1, 0.15) is 6.54 Å². The number of nitrogens with one attached hydrogen (secondary N) is 2. The van der Waals surface area contributed by atoms with Crippen LogP contribution in [0.25, 0.3) is 0 Å². The molecule has 0 radical (unpaired) electrons. The Bertz CT molecular complexity index is 545. The molecule has 1 aliphatic heterocycles. The number of thioether (sulfide) groups is 1. The third kappa shape index (κ3) is 7.96. The van der Waals surface area contributed by atoms with Crippen LogP contribution >= 0.6 is 35.7 Å². The first-order valence-electron chi connectivity index (χ1n) is 9.98. The molecule has 9 heteroatoms. The molecular formula is C19H36IN5O2S. The number of guanidine groups is 1. The van der Waals surface area contributed by atoms with E-state index in [9.17, 15) is 9.59 Å². The summed E-state index contributed by atoms with van der Waals surface area (Å²) in [4.78, 5) is 32.4. The first kappa shape index (κ1) is 25.3. The lowest BCUT2D eigenvalue weighted by atomic mass is 9.87. The van der Waals surface area contributed by atoms with E-state index < -0.39 is 0 Å². The maximum absolute atomic E-state index is 12.0. The molecule has 1 spiro atoms. The average Bonchev–Trinajstić information content (AvgIpc) is 2.61. The zero-order chi connectivity index (χ0) is 19.9. The zero-order valence-electron chi connectivity index (χ0n) is 17.6. The van der Waals surface area contributed by atoms with Crippen molar-refractivity contribution in [3.05, 3.63) is 0 Å². The number of rotatable bonds is 5. The van der Waals surface area contributed by atoms with Crippen LogP contribution in [0.2, 0.25) is 0 Å². The Kier molecular flexibility index (Phi) is 10.9. The number of nitrogens with zero attached hydrogens (tertiary/aromatic N) is 3. The van der Waals surface area contributed by atoms with Crippen molar-refractivity contribution in [2.24, 2.45) is 4.99 Å². The quantitative estimate of drug-likeness (QED) is 0.326. The number of hydrogen-bond acceptors (Lipinski definition) is 4. The Morgan fingerprint density at radius 2 is 1.89 bits per heavy atom. The maximum Gasteiger partial charge on any atom is 0.242 e. The van der Waals surface area contributed by atoms with Gasteiger partial charge < -0.3 is 20.4 Å². The van der Waals surface area contributed by atoms with Gasteiger partial charge in [-0.15, -0.1) is 24.0 Å². The molecular weight excluding hydrogens is 489 g/mol. The minimum atomic E-state index is -0.0954. The highest BCUT2D eigenvalue weighted by Crippen LogP contribution is 2.42. The normalized spacial score (nSPS) is 19.2. The van der Waals surface area contributed by atoms with Crippen molar-refractivity contribution in [1.82, 2.24) is 20.4 Å². The van der Waals surface area contributed by atoms with E-state index in [2.05, 4.69) is 32.3 Å². The van der Waals surface area contributed by atoms with Crippen LogP contribution in [-0.2, 0) is 9.59 Å². The summed E-state index contributed by atoms with van der Waals surface area (Å²) in [5.41, 5.74) is 0. The van der Waals surface area contributed by atoms with Gasteiger partial charge in [0.05, 0.1) is 6.54 Å².